The van der Waals surface area contributed by atoms with Gasteiger partial charge in [0.05, 0.1) is 17.7 Å². The summed E-state index contributed by atoms with van der Waals surface area (Å²) in [6.45, 7) is 0.755. The molecule has 2 amide bonds. The van der Waals surface area contributed by atoms with Gasteiger partial charge in [0.1, 0.15) is 22.8 Å². The van der Waals surface area contributed by atoms with Crippen LogP contribution in [-0.2, 0) is 4.79 Å². The molecule has 2 aromatic heterocycles. The van der Waals surface area contributed by atoms with Crippen LogP contribution in [-0.4, -0.2) is 56.3 Å². The molecule has 35 heavy (non-hydrogen) atoms. The first-order valence-corrected chi connectivity index (χ1v) is 11.4. The molecule has 0 aliphatic carbocycles. The minimum atomic E-state index is -0.691. The zero-order valence-electron chi connectivity index (χ0n) is 18.8. The third-order valence-corrected chi connectivity index (χ3v) is 5.89. The minimum absolute atomic E-state index is 0.127. The molecule has 1 fully saturated rings. The van der Waals surface area contributed by atoms with E-state index in [1.165, 1.54) is 18.3 Å². The number of nitrogens with zero attached hydrogens (tertiary/aromatic N) is 4. The second-order valence-corrected chi connectivity index (χ2v) is 8.46. The molecule has 1 saturated heterocycles. The van der Waals surface area contributed by atoms with Gasteiger partial charge in [-0.3, -0.25) is 9.59 Å². The molecule has 10 nitrogen and oxygen atoms in total. The van der Waals surface area contributed by atoms with Gasteiger partial charge in [0, 0.05) is 37.0 Å². The van der Waals surface area contributed by atoms with Gasteiger partial charge in [0.15, 0.2) is 0 Å². The lowest BCUT2D eigenvalue weighted by Crippen LogP contribution is -2.40. The molecule has 0 radical (unpaired) electrons. The number of likely N-dealkylation sites (tertiary alicyclic amines) is 1. The van der Waals surface area contributed by atoms with Gasteiger partial charge < -0.3 is 26.2 Å². The standard InChI is InChI=1S/C24H25ClN6O4/c25-16-7-10-19(28-13-16)35-18-8-5-15(6-9-18)22-21(24(27)34)23(26)31(29-22)17-3-1-11-30(14-17)20(33)4-2-12-32/h2,4-10,13,17,32H,1,3,11-12,14,26H2,(H2,27,34)/b4-2+. The monoisotopic (exact) mass is 496 g/mol. The summed E-state index contributed by atoms with van der Waals surface area (Å²) in [5.41, 5.74) is 13.1. The van der Waals surface area contributed by atoms with E-state index in [4.69, 9.17) is 32.9 Å². The lowest BCUT2D eigenvalue weighted by atomic mass is 10.1. The predicted octanol–water partition coefficient (Wildman–Crippen LogP) is 2.78. The van der Waals surface area contributed by atoms with E-state index in [9.17, 15) is 9.59 Å². The number of carbonyl (C=O) groups excluding carboxylic acids is 2. The zero-order chi connectivity index (χ0) is 24.9. The van der Waals surface area contributed by atoms with E-state index in [0.717, 1.165) is 12.8 Å². The smallest absolute Gasteiger partial charge is 0.254 e. The van der Waals surface area contributed by atoms with E-state index in [1.54, 1.807) is 46.0 Å². The van der Waals surface area contributed by atoms with Crippen LogP contribution in [0.25, 0.3) is 11.3 Å². The Bertz CT molecular complexity index is 1240. The van der Waals surface area contributed by atoms with E-state index in [2.05, 4.69) is 10.1 Å². The first-order valence-electron chi connectivity index (χ1n) is 11.0. The molecule has 1 unspecified atom stereocenters. The van der Waals surface area contributed by atoms with E-state index in [0.29, 0.717) is 41.0 Å². The molecule has 0 bridgehead atoms. The van der Waals surface area contributed by atoms with Crippen molar-refractivity contribution < 1.29 is 19.4 Å². The number of nitrogens with two attached hydrogens (primary N) is 2. The number of ether oxygens (including phenoxy) is 1. The number of benzene rings is 1. The number of rotatable bonds is 7. The molecule has 1 aliphatic heterocycles. The molecule has 0 spiro atoms. The topological polar surface area (TPSA) is 150 Å². The molecule has 11 heteroatoms. The van der Waals surface area contributed by atoms with Gasteiger partial charge in [-0.05, 0) is 43.2 Å². The molecule has 0 saturated carbocycles. The van der Waals surface area contributed by atoms with Crippen LogP contribution in [0.4, 0.5) is 5.82 Å². The molecule has 4 rings (SSSR count). The van der Waals surface area contributed by atoms with Gasteiger partial charge in [0.2, 0.25) is 11.8 Å². The lowest BCUT2D eigenvalue weighted by Gasteiger charge is -2.32. The highest BCUT2D eigenvalue weighted by Crippen LogP contribution is 2.33. The maximum Gasteiger partial charge on any atom is 0.254 e. The summed E-state index contributed by atoms with van der Waals surface area (Å²) in [6, 6.07) is 10.1. The molecule has 3 aromatic rings. The Morgan fingerprint density at radius 3 is 2.66 bits per heavy atom. The molecular weight excluding hydrogens is 472 g/mol. The quantitative estimate of drug-likeness (QED) is 0.425. The number of pyridine rings is 1. The summed E-state index contributed by atoms with van der Waals surface area (Å²) < 4.78 is 7.29. The third-order valence-electron chi connectivity index (χ3n) is 5.66. The lowest BCUT2D eigenvalue weighted by molar-refractivity contribution is -0.127. The highest BCUT2D eigenvalue weighted by Gasteiger charge is 2.29. The summed E-state index contributed by atoms with van der Waals surface area (Å²) >= 11 is 5.85. The SMILES string of the molecule is NC(=O)c1c(-c2ccc(Oc3ccc(Cl)cn3)cc2)nn(C2CCCN(C(=O)/C=C/CO)C2)c1N. The van der Waals surface area contributed by atoms with E-state index >= 15 is 0 Å². The van der Waals surface area contributed by atoms with E-state index in [1.807, 2.05) is 0 Å². The number of aliphatic hydroxyl groups excluding tert-OH is 1. The fraction of sp³-hybridized carbons (Fsp3) is 0.250. The largest absolute Gasteiger partial charge is 0.439 e. The van der Waals surface area contributed by atoms with Crippen LogP contribution in [0.2, 0.25) is 5.02 Å². The first-order chi connectivity index (χ1) is 16.9. The summed E-state index contributed by atoms with van der Waals surface area (Å²) in [6.07, 6.45) is 5.71. The van der Waals surface area contributed by atoms with Crippen LogP contribution in [0.1, 0.15) is 29.2 Å². The Morgan fingerprint density at radius 2 is 2.00 bits per heavy atom. The average molecular weight is 497 g/mol. The Morgan fingerprint density at radius 1 is 1.23 bits per heavy atom. The van der Waals surface area contributed by atoms with Crippen LogP contribution in [0.3, 0.4) is 0 Å². The van der Waals surface area contributed by atoms with Crippen molar-refractivity contribution >= 4 is 29.2 Å². The summed E-state index contributed by atoms with van der Waals surface area (Å²) in [5, 5.41) is 14.1. The van der Waals surface area contributed by atoms with Crippen molar-refractivity contribution in [3.8, 4) is 22.9 Å². The molecular formula is C24H25ClN6O4. The normalized spacial score (nSPS) is 15.9. The number of aromatic nitrogens is 3. The van der Waals surface area contributed by atoms with Crippen molar-refractivity contribution in [1.29, 1.82) is 0 Å². The van der Waals surface area contributed by atoms with Crippen molar-refractivity contribution in [2.75, 3.05) is 25.4 Å². The number of aliphatic hydroxyl groups is 1. The number of hydrogen-bond donors (Lipinski definition) is 3. The van der Waals surface area contributed by atoms with Gasteiger partial charge >= 0.3 is 0 Å². The number of amides is 2. The number of carbonyl (C=O) groups is 2. The van der Waals surface area contributed by atoms with Gasteiger partial charge in [0.25, 0.3) is 5.91 Å². The van der Waals surface area contributed by atoms with Gasteiger partial charge in [-0.25, -0.2) is 9.67 Å². The minimum Gasteiger partial charge on any atom is -0.439 e. The third kappa shape index (κ3) is 5.44. The number of halogens is 1. The number of piperidine rings is 1. The van der Waals surface area contributed by atoms with Gasteiger partial charge in [-0.1, -0.05) is 17.7 Å². The van der Waals surface area contributed by atoms with Crippen molar-refractivity contribution in [2.45, 2.75) is 18.9 Å². The van der Waals surface area contributed by atoms with Crippen LogP contribution < -0.4 is 16.2 Å². The molecule has 5 N–H and O–H groups in total. The summed E-state index contributed by atoms with van der Waals surface area (Å²) in [5.74, 6) is 0.191. The number of anilines is 1. The van der Waals surface area contributed by atoms with Gasteiger partial charge in [-0.15, -0.1) is 0 Å². The molecule has 1 atom stereocenters. The summed E-state index contributed by atoms with van der Waals surface area (Å²) in [4.78, 5) is 30.4. The van der Waals surface area contributed by atoms with E-state index < -0.39 is 5.91 Å². The maximum absolute atomic E-state index is 12.4. The van der Waals surface area contributed by atoms with Crippen molar-refractivity contribution in [2.24, 2.45) is 5.73 Å². The Hall–Kier alpha value is -3.89. The molecule has 1 aliphatic rings. The summed E-state index contributed by atoms with van der Waals surface area (Å²) in [7, 11) is 0. The Labute approximate surface area is 206 Å². The second-order valence-electron chi connectivity index (χ2n) is 8.02. The maximum atomic E-state index is 12.4. The van der Waals surface area contributed by atoms with Crippen LogP contribution >= 0.6 is 11.6 Å². The van der Waals surface area contributed by atoms with Crippen LogP contribution in [0.15, 0.2) is 54.7 Å². The fourth-order valence-corrected chi connectivity index (χ4v) is 4.12. The molecule has 182 valence electrons. The van der Waals surface area contributed by atoms with Crippen molar-refractivity contribution in [3.05, 3.63) is 65.3 Å². The molecule has 1 aromatic carbocycles. The highest BCUT2D eigenvalue weighted by atomic mass is 35.5. The Kier molecular flexibility index (Phi) is 7.33. The highest BCUT2D eigenvalue weighted by molar-refractivity contribution is 6.30. The number of hydrogen-bond acceptors (Lipinski definition) is 7. The van der Waals surface area contributed by atoms with Crippen molar-refractivity contribution in [3.63, 3.8) is 0 Å². The fourth-order valence-electron chi connectivity index (χ4n) is 4.01. The average Bonchev–Trinajstić information content (AvgIpc) is 3.21. The van der Waals surface area contributed by atoms with Crippen LogP contribution in [0.5, 0.6) is 11.6 Å². The van der Waals surface area contributed by atoms with Crippen molar-refractivity contribution in [1.82, 2.24) is 19.7 Å². The number of nitrogen functional groups attached to an aromatic ring is 1. The van der Waals surface area contributed by atoms with Gasteiger partial charge in [-0.2, -0.15) is 5.10 Å². The first kappa shape index (κ1) is 24.2. The number of primary amides is 1. The van der Waals surface area contributed by atoms with Crippen LogP contribution in [0, 0.1) is 0 Å². The second kappa shape index (κ2) is 10.6. The zero-order valence-corrected chi connectivity index (χ0v) is 19.6. The molecule has 3 heterocycles. The predicted molar refractivity (Wildman–Crippen MR) is 131 cm³/mol. The Balaban J connectivity index is 1.59. The van der Waals surface area contributed by atoms with E-state index in [-0.39, 0.29) is 29.9 Å².